The number of methoxy groups -OCH3 is 1. The van der Waals surface area contributed by atoms with Gasteiger partial charge in [0.15, 0.2) is 5.82 Å². The zero-order chi connectivity index (χ0) is 13.7. The van der Waals surface area contributed by atoms with Crippen molar-refractivity contribution in [3.8, 4) is 5.75 Å². The highest BCUT2D eigenvalue weighted by Gasteiger charge is 2.10. The lowest BCUT2D eigenvalue weighted by molar-refractivity contribution is 0.293. The Morgan fingerprint density at radius 1 is 1.30 bits per heavy atom. The molecule has 0 saturated heterocycles. The Hall–Kier alpha value is -1.63. The number of halogens is 1. The maximum absolute atomic E-state index is 5.43. The number of hydrogen-bond donors (Lipinski definition) is 1. The molecule has 0 spiro atoms. The van der Waals surface area contributed by atoms with Gasteiger partial charge in [0.1, 0.15) is 5.75 Å². The van der Waals surface area contributed by atoms with E-state index in [4.69, 9.17) is 15.0 Å². The van der Waals surface area contributed by atoms with Crippen LogP contribution in [-0.2, 0) is 19.6 Å². The van der Waals surface area contributed by atoms with Crippen molar-refractivity contribution in [2.24, 2.45) is 5.73 Å². The van der Waals surface area contributed by atoms with Crippen molar-refractivity contribution < 1.29 is 9.26 Å². The zero-order valence-corrected chi connectivity index (χ0v) is 12.4. The molecule has 110 valence electrons. The average molecular weight is 299 g/mol. The number of nitrogens with two attached hydrogens (primary N) is 1. The predicted octanol–water partition coefficient (Wildman–Crippen LogP) is 1.59. The molecule has 0 aliphatic rings. The summed E-state index contributed by atoms with van der Waals surface area (Å²) in [6, 6.07) is 7.93. The van der Waals surface area contributed by atoms with Crippen LogP contribution in [-0.4, -0.2) is 29.2 Å². The van der Waals surface area contributed by atoms with Crippen LogP contribution in [0.2, 0.25) is 0 Å². The Kier molecular flexibility index (Phi) is 6.44. The quantitative estimate of drug-likeness (QED) is 0.872. The lowest BCUT2D eigenvalue weighted by Gasteiger charge is -2.16. The number of aromatic nitrogens is 2. The first kappa shape index (κ1) is 16.4. The molecule has 0 saturated carbocycles. The summed E-state index contributed by atoms with van der Waals surface area (Å²) in [6.45, 7) is 1.61. The van der Waals surface area contributed by atoms with E-state index in [1.165, 1.54) is 0 Å². The molecule has 1 aromatic heterocycles. The molecule has 0 unspecified atom stereocenters. The van der Waals surface area contributed by atoms with Crippen molar-refractivity contribution in [3.63, 3.8) is 0 Å². The Morgan fingerprint density at radius 2 is 2.05 bits per heavy atom. The van der Waals surface area contributed by atoms with Gasteiger partial charge >= 0.3 is 0 Å². The molecule has 0 atom stereocenters. The molecule has 0 amide bonds. The fourth-order valence-corrected chi connectivity index (χ4v) is 1.86. The Bertz CT molecular complexity index is 533. The van der Waals surface area contributed by atoms with Crippen molar-refractivity contribution in [1.82, 2.24) is 15.0 Å². The first-order chi connectivity index (χ1) is 9.22. The summed E-state index contributed by atoms with van der Waals surface area (Å²) in [5.41, 5.74) is 6.55. The molecular formula is C13H19ClN4O2. The van der Waals surface area contributed by atoms with E-state index in [1.807, 2.05) is 31.3 Å². The topological polar surface area (TPSA) is 77.4 Å². The molecule has 0 aliphatic carbocycles. The molecule has 20 heavy (non-hydrogen) atoms. The average Bonchev–Trinajstić information content (AvgIpc) is 2.87. The van der Waals surface area contributed by atoms with E-state index < -0.39 is 0 Å². The van der Waals surface area contributed by atoms with Crippen molar-refractivity contribution in [1.29, 1.82) is 0 Å². The molecule has 2 aromatic rings. The summed E-state index contributed by atoms with van der Waals surface area (Å²) in [6.07, 6.45) is 0. The summed E-state index contributed by atoms with van der Waals surface area (Å²) in [5.74, 6) is 1.98. The molecule has 0 bridgehead atoms. The van der Waals surface area contributed by atoms with E-state index >= 15 is 0 Å². The maximum Gasteiger partial charge on any atom is 0.240 e. The standard InChI is InChI=1S/C13H18N4O2.ClH/c1-17(9-12-15-13(7-14)19-16-12)8-10-5-3-4-6-11(10)18-2;/h3-6H,7-9,14H2,1-2H3;1H. The van der Waals surface area contributed by atoms with Crippen LogP contribution in [0.5, 0.6) is 5.75 Å². The van der Waals surface area contributed by atoms with Gasteiger partial charge in [-0.05, 0) is 13.1 Å². The summed E-state index contributed by atoms with van der Waals surface area (Å²) in [5, 5.41) is 3.87. The lowest BCUT2D eigenvalue weighted by atomic mass is 10.2. The number of nitrogens with zero attached hydrogens (tertiary/aromatic N) is 3. The third kappa shape index (κ3) is 4.19. The molecule has 1 aromatic carbocycles. The van der Waals surface area contributed by atoms with Crippen molar-refractivity contribution in [2.45, 2.75) is 19.6 Å². The highest BCUT2D eigenvalue weighted by molar-refractivity contribution is 5.85. The molecule has 6 nitrogen and oxygen atoms in total. The second-order valence-corrected chi connectivity index (χ2v) is 4.29. The third-order valence-corrected chi connectivity index (χ3v) is 2.73. The minimum atomic E-state index is 0. The van der Waals surface area contributed by atoms with Crippen LogP contribution in [0.4, 0.5) is 0 Å². The van der Waals surface area contributed by atoms with Gasteiger partial charge in [0.2, 0.25) is 5.89 Å². The summed E-state index contributed by atoms with van der Waals surface area (Å²) >= 11 is 0. The predicted molar refractivity (Wildman–Crippen MR) is 77.6 cm³/mol. The number of para-hydroxylation sites is 1. The molecule has 7 heteroatoms. The van der Waals surface area contributed by atoms with Crippen LogP contribution < -0.4 is 10.5 Å². The van der Waals surface area contributed by atoms with E-state index in [0.29, 0.717) is 18.3 Å². The van der Waals surface area contributed by atoms with Gasteiger partial charge in [-0.25, -0.2) is 0 Å². The largest absolute Gasteiger partial charge is 0.496 e. The van der Waals surface area contributed by atoms with E-state index in [9.17, 15) is 0 Å². The Balaban J connectivity index is 0.00000200. The molecule has 2 N–H and O–H groups in total. The molecule has 0 fully saturated rings. The van der Waals surface area contributed by atoms with Gasteiger partial charge in [0.05, 0.1) is 20.2 Å². The van der Waals surface area contributed by atoms with Crippen LogP contribution in [0.25, 0.3) is 0 Å². The SMILES string of the molecule is COc1ccccc1CN(C)Cc1noc(CN)n1.Cl. The lowest BCUT2D eigenvalue weighted by Crippen LogP contribution is -2.18. The normalized spacial score (nSPS) is 10.4. The van der Waals surface area contributed by atoms with Gasteiger partial charge in [0, 0.05) is 12.1 Å². The minimum Gasteiger partial charge on any atom is -0.496 e. The van der Waals surface area contributed by atoms with Gasteiger partial charge in [-0.1, -0.05) is 23.4 Å². The van der Waals surface area contributed by atoms with Crippen LogP contribution in [0, 0.1) is 0 Å². The van der Waals surface area contributed by atoms with Gasteiger partial charge in [0.25, 0.3) is 0 Å². The highest BCUT2D eigenvalue weighted by atomic mass is 35.5. The zero-order valence-electron chi connectivity index (χ0n) is 11.6. The number of hydrogen-bond acceptors (Lipinski definition) is 6. The van der Waals surface area contributed by atoms with E-state index in [1.54, 1.807) is 7.11 Å². The Labute approximate surface area is 124 Å². The number of rotatable bonds is 6. The highest BCUT2D eigenvalue weighted by Crippen LogP contribution is 2.19. The smallest absolute Gasteiger partial charge is 0.240 e. The van der Waals surface area contributed by atoms with E-state index in [2.05, 4.69) is 15.0 Å². The third-order valence-electron chi connectivity index (χ3n) is 2.73. The van der Waals surface area contributed by atoms with E-state index in [-0.39, 0.29) is 19.0 Å². The van der Waals surface area contributed by atoms with Gasteiger partial charge < -0.3 is 15.0 Å². The summed E-state index contributed by atoms with van der Waals surface area (Å²) < 4.78 is 10.3. The van der Waals surface area contributed by atoms with Crippen LogP contribution in [0.15, 0.2) is 28.8 Å². The molecule has 0 aliphatic heterocycles. The fourth-order valence-electron chi connectivity index (χ4n) is 1.86. The monoisotopic (exact) mass is 298 g/mol. The van der Waals surface area contributed by atoms with Crippen molar-refractivity contribution in [2.75, 3.05) is 14.2 Å². The van der Waals surface area contributed by atoms with Crippen LogP contribution >= 0.6 is 12.4 Å². The number of ether oxygens (including phenoxy) is 1. The van der Waals surface area contributed by atoms with Gasteiger partial charge in [-0.15, -0.1) is 12.4 Å². The van der Waals surface area contributed by atoms with Crippen LogP contribution in [0.3, 0.4) is 0 Å². The second kappa shape index (κ2) is 7.84. The summed E-state index contributed by atoms with van der Waals surface area (Å²) in [7, 11) is 3.66. The number of benzene rings is 1. The second-order valence-electron chi connectivity index (χ2n) is 4.29. The molecule has 0 radical (unpaired) electrons. The van der Waals surface area contributed by atoms with E-state index in [0.717, 1.165) is 17.9 Å². The Morgan fingerprint density at radius 3 is 2.70 bits per heavy atom. The fraction of sp³-hybridized carbons (Fsp3) is 0.385. The van der Waals surface area contributed by atoms with Gasteiger partial charge in [-0.3, -0.25) is 4.90 Å². The maximum atomic E-state index is 5.43. The minimum absolute atomic E-state index is 0. The molecular weight excluding hydrogens is 280 g/mol. The first-order valence-corrected chi connectivity index (χ1v) is 6.05. The van der Waals surface area contributed by atoms with Crippen molar-refractivity contribution in [3.05, 3.63) is 41.5 Å². The van der Waals surface area contributed by atoms with Crippen LogP contribution in [0.1, 0.15) is 17.3 Å². The summed E-state index contributed by atoms with van der Waals surface area (Å²) in [4.78, 5) is 6.26. The first-order valence-electron chi connectivity index (χ1n) is 6.05. The van der Waals surface area contributed by atoms with Gasteiger partial charge in [-0.2, -0.15) is 4.98 Å². The van der Waals surface area contributed by atoms with Crippen molar-refractivity contribution >= 4 is 12.4 Å². The molecule has 1 heterocycles. The molecule has 2 rings (SSSR count).